The summed E-state index contributed by atoms with van der Waals surface area (Å²) in [6.45, 7) is 0. The molecule has 5 N–H and O–H groups in total. The highest BCUT2D eigenvalue weighted by atomic mass is 16.5. The molecule has 0 fully saturated rings. The van der Waals surface area contributed by atoms with Crippen molar-refractivity contribution in [2.75, 3.05) is 31.6 Å². The van der Waals surface area contributed by atoms with Gasteiger partial charge in [-0.25, -0.2) is 5.43 Å². The van der Waals surface area contributed by atoms with E-state index in [1.165, 1.54) is 25.5 Å². The highest BCUT2D eigenvalue weighted by Crippen LogP contribution is 2.34. The molecule has 3 aromatic carbocycles. The summed E-state index contributed by atoms with van der Waals surface area (Å²) in [5.74, 6) is -1.29. The SMILES string of the molecule is COc1cc(/C=N/NC(=O)/C(=C\c2ccc(N(C)C)cc2)NC(=O)c2ccccc2)cc(NO)c1O. The van der Waals surface area contributed by atoms with Gasteiger partial charge in [0, 0.05) is 30.9 Å². The highest BCUT2D eigenvalue weighted by molar-refractivity contribution is 6.05. The van der Waals surface area contributed by atoms with Gasteiger partial charge in [-0.1, -0.05) is 30.3 Å². The Morgan fingerprint density at radius 3 is 2.31 bits per heavy atom. The Kier molecular flexibility index (Phi) is 8.63. The summed E-state index contributed by atoms with van der Waals surface area (Å²) in [7, 11) is 5.20. The second kappa shape index (κ2) is 12.0. The minimum atomic E-state index is -0.654. The zero-order valence-electron chi connectivity index (χ0n) is 20.0. The number of hydrogen-bond donors (Lipinski definition) is 5. The molecule has 0 spiro atoms. The number of hydrogen-bond acceptors (Lipinski definition) is 8. The van der Waals surface area contributed by atoms with Gasteiger partial charge in [0.25, 0.3) is 11.8 Å². The summed E-state index contributed by atoms with van der Waals surface area (Å²) < 4.78 is 5.06. The van der Waals surface area contributed by atoms with E-state index >= 15 is 0 Å². The number of ether oxygens (including phenoxy) is 1. The van der Waals surface area contributed by atoms with Crippen molar-refractivity contribution in [1.82, 2.24) is 10.7 Å². The number of benzene rings is 3. The number of nitrogens with one attached hydrogen (secondary N) is 3. The zero-order chi connectivity index (χ0) is 26.1. The summed E-state index contributed by atoms with van der Waals surface area (Å²) in [4.78, 5) is 27.6. The summed E-state index contributed by atoms with van der Waals surface area (Å²) in [6, 6.07) is 18.8. The quantitative estimate of drug-likeness (QED) is 0.135. The summed E-state index contributed by atoms with van der Waals surface area (Å²) >= 11 is 0. The number of methoxy groups -OCH3 is 1. The lowest BCUT2D eigenvalue weighted by Crippen LogP contribution is -2.32. The molecule has 3 rings (SSSR count). The minimum Gasteiger partial charge on any atom is -0.503 e. The van der Waals surface area contributed by atoms with E-state index in [0.29, 0.717) is 16.7 Å². The Labute approximate surface area is 208 Å². The Balaban J connectivity index is 1.84. The highest BCUT2D eigenvalue weighted by Gasteiger charge is 2.15. The molecule has 0 aromatic heterocycles. The lowest BCUT2D eigenvalue weighted by atomic mass is 10.1. The van der Waals surface area contributed by atoms with Gasteiger partial charge in [-0.2, -0.15) is 5.10 Å². The number of carbonyl (C=O) groups excluding carboxylic acids is 2. The Morgan fingerprint density at radius 1 is 1.00 bits per heavy atom. The van der Waals surface area contributed by atoms with Gasteiger partial charge in [0.1, 0.15) is 11.4 Å². The van der Waals surface area contributed by atoms with Crippen LogP contribution in [0.25, 0.3) is 6.08 Å². The summed E-state index contributed by atoms with van der Waals surface area (Å²) in [5, 5.41) is 25.7. The number of aromatic hydroxyl groups is 1. The average molecular weight is 490 g/mol. The van der Waals surface area contributed by atoms with Crippen LogP contribution in [0, 0.1) is 0 Å². The first-order valence-corrected chi connectivity index (χ1v) is 10.8. The first kappa shape index (κ1) is 25.8. The van der Waals surface area contributed by atoms with Gasteiger partial charge in [-0.05, 0) is 48.0 Å². The predicted octanol–water partition coefficient (Wildman–Crippen LogP) is 3.19. The molecule has 0 aliphatic carbocycles. The summed E-state index contributed by atoms with van der Waals surface area (Å²) in [5.41, 5.74) is 6.72. The van der Waals surface area contributed by atoms with Gasteiger partial charge in [-0.15, -0.1) is 0 Å². The van der Waals surface area contributed by atoms with E-state index in [4.69, 9.17) is 4.74 Å². The normalized spacial score (nSPS) is 11.2. The molecule has 0 radical (unpaired) electrons. The van der Waals surface area contributed by atoms with Crippen molar-refractivity contribution in [2.45, 2.75) is 0 Å². The number of phenolic OH excluding ortho intramolecular Hbond substituents is 1. The molecule has 10 nitrogen and oxygen atoms in total. The summed E-state index contributed by atoms with van der Waals surface area (Å²) in [6.07, 6.45) is 2.84. The van der Waals surface area contributed by atoms with Crippen LogP contribution in [0.15, 0.2) is 77.5 Å². The predicted molar refractivity (Wildman–Crippen MR) is 138 cm³/mol. The third kappa shape index (κ3) is 6.61. The van der Waals surface area contributed by atoms with Gasteiger partial charge in [0.05, 0.1) is 13.3 Å². The average Bonchev–Trinajstić information content (AvgIpc) is 2.89. The Hall–Kier alpha value is -4.83. The third-order valence-electron chi connectivity index (χ3n) is 5.07. The van der Waals surface area contributed by atoms with Crippen LogP contribution in [0.5, 0.6) is 11.5 Å². The van der Waals surface area contributed by atoms with Crippen molar-refractivity contribution in [1.29, 1.82) is 0 Å². The molecule has 0 aliphatic rings. The number of carbonyl (C=O) groups is 2. The molecule has 0 atom stereocenters. The van der Waals surface area contributed by atoms with E-state index in [0.717, 1.165) is 5.69 Å². The smallest absolute Gasteiger partial charge is 0.287 e. The second-order valence-electron chi connectivity index (χ2n) is 7.79. The maximum Gasteiger partial charge on any atom is 0.287 e. The molecule has 0 aliphatic heterocycles. The van der Waals surface area contributed by atoms with Crippen LogP contribution in [0.2, 0.25) is 0 Å². The molecule has 186 valence electrons. The van der Waals surface area contributed by atoms with Crippen molar-refractivity contribution >= 4 is 35.5 Å². The fourth-order valence-electron chi connectivity index (χ4n) is 3.15. The molecule has 10 heteroatoms. The number of phenols is 1. The van der Waals surface area contributed by atoms with E-state index in [2.05, 4.69) is 15.8 Å². The van der Waals surface area contributed by atoms with Crippen molar-refractivity contribution in [3.8, 4) is 11.5 Å². The van der Waals surface area contributed by atoms with Crippen LogP contribution in [-0.4, -0.2) is 49.5 Å². The standard InChI is InChI=1S/C26H27N5O5/c1-31(2)20-11-9-17(10-12-20)13-22(28-25(33)19-7-5-4-6-8-19)26(34)29-27-16-18-14-21(30-35)24(32)23(15-18)36-3/h4-16,30,32,35H,1-3H3,(H,28,33)(H,29,34)/b22-13+,27-16+. The molecule has 0 unspecified atom stereocenters. The molecular formula is C26H27N5O5. The van der Waals surface area contributed by atoms with Crippen LogP contribution in [0.1, 0.15) is 21.5 Å². The topological polar surface area (TPSA) is 136 Å². The fraction of sp³-hybridized carbons (Fsp3) is 0.115. The van der Waals surface area contributed by atoms with Crippen LogP contribution in [0.4, 0.5) is 11.4 Å². The van der Waals surface area contributed by atoms with Crippen molar-refractivity contribution in [2.24, 2.45) is 5.10 Å². The van der Waals surface area contributed by atoms with Gasteiger partial charge >= 0.3 is 0 Å². The molecule has 0 saturated carbocycles. The van der Waals surface area contributed by atoms with Crippen LogP contribution >= 0.6 is 0 Å². The third-order valence-corrected chi connectivity index (χ3v) is 5.07. The van der Waals surface area contributed by atoms with Crippen LogP contribution in [-0.2, 0) is 4.79 Å². The first-order chi connectivity index (χ1) is 17.3. The monoisotopic (exact) mass is 489 g/mol. The maximum absolute atomic E-state index is 12.9. The lowest BCUT2D eigenvalue weighted by molar-refractivity contribution is -0.117. The number of amides is 2. The maximum atomic E-state index is 12.9. The first-order valence-electron chi connectivity index (χ1n) is 10.8. The van der Waals surface area contributed by atoms with E-state index in [9.17, 15) is 19.9 Å². The van der Waals surface area contributed by atoms with Crippen molar-refractivity contribution in [3.05, 3.63) is 89.1 Å². The van der Waals surface area contributed by atoms with E-state index in [1.807, 2.05) is 48.7 Å². The second-order valence-corrected chi connectivity index (χ2v) is 7.79. The van der Waals surface area contributed by atoms with E-state index < -0.39 is 11.8 Å². The van der Waals surface area contributed by atoms with Gasteiger partial charge < -0.3 is 20.1 Å². The number of rotatable bonds is 9. The molecule has 0 bridgehead atoms. The molecule has 0 saturated heterocycles. The largest absolute Gasteiger partial charge is 0.503 e. The minimum absolute atomic E-state index is 0.000920. The van der Waals surface area contributed by atoms with Gasteiger partial charge in [0.2, 0.25) is 0 Å². The molecule has 3 aromatic rings. The van der Waals surface area contributed by atoms with Crippen molar-refractivity contribution < 1.29 is 24.6 Å². The zero-order valence-corrected chi connectivity index (χ0v) is 20.0. The van der Waals surface area contributed by atoms with Crippen LogP contribution < -0.4 is 25.9 Å². The van der Waals surface area contributed by atoms with E-state index in [-0.39, 0.29) is 22.9 Å². The molecule has 2 amide bonds. The number of anilines is 2. The van der Waals surface area contributed by atoms with E-state index in [1.54, 1.807) is 36.4 Å². The Bertz CT molecular complexity index is 1250. The molecular weight excluding hydrogens is 462 g/mol. The Morgan fingerprint density at radius 2 is 1.69 bits per heavy atom. The van der Waals surface area contributed by atoms with Gasteiger partial charge in [0.15, 0.2) is 11.5 Å². The number of nitrogens with zero attached hydrogens (tertiary/aromatic N) is 2. The van der Waals surface area contributed by atoms with Gasteiger partial charge in [-0.3, -0.25) is 20.3 Å². The lowest BCUT2D eigenvalue weighted by Gasteiger charge is -2.13. The van der Waals surface area contributed by atoms with Crippen molar-refractivity contribution in [3.63, 3.8) is 0 Å². The van der Waals surface area contributed by atoms with Crippen LogP contribution in [0.3, 0.4) is 0 Å². The number of hydrazone groups is 1. The molecule has 36 heavy (non-hydrogen) atoms. The molecule has 0 heterocycles. The fourth-order valence-corrected chi connectivity index (χ4v) is 3.15.